The second-order valence-corrected chi connectivity index (χ2v) is 6.17. The van der Waals surface area contributed by atoms with E-state index in [-0.39, 0.29) is 5.91 Å². The molecule has 0 saturated carbocycles. The van der Waals surface area contributed by atoms with Crippen molar-refractivity contribution in [2.45, 2.75) is 6.54 Å². The molecule has 1 aliphatic heterocycles. The second-order valence-electron chi connectivity index (χ2n) is 6.17. The highest BCUT2D eigenvalue weighted by Crippen LogP contribution is 2.16. The van der Waals surface area contributed by atoms with Gasteiger partial charge in [0, 0.05) is 32.7 Å². The summed E-state index contributed by atoms with van der Waals surface area (Å²) in [5.74, 6) is -0.00981. The van der Waals surface area contributed by atoms with Crippen molar-refractivity contribution in [2.24, 2.45) is 0 Å². The first kappa shape index (κ1) is 16.5. The van der Waals surface area contributed by atoms with Crippen molar-refractivity contribution in [1.29, 1.82) is 0 Å². The van der Waals surface area contributed by atoms with Gasteiger partial charge in [-0.2, -0.15) is 0 Å². The highest BCUT2D eigenvalue weighted by molar-refractivity contribution is 5.95. The first-order valence-corrected chi connectivity index (χ1v) is 8.34. The Morgan fingerprint density at radius 1 is 0.917 bits per heavy atom. The third-order valence-corrected chi connectivity index (χ3v) is 4.32. The number of hydrogen-bond acceptors (Lipinski definition) is 4. The normalized spacial score (nSPS) is 16.0. The fraction of sp³-hybridized carbons (Fsp3) is 0.316. The SMILES string of the molecule is Nc1ccccc1NC(=O)CN1CCN(Cc2ccccc2)CC1. The Labute approximate surface area is 143 Å². The molecule has 0 radical (unpaired) electrons. The van der Waals surface area contributed by atoms with Gasteiger partial charge in [0.2, 0.25) is 5.91 Å². The number of nitrogens with zero attached hydrogens (tertiary/aromatic N) is 2. The van der Waals surface area contributed by atoms with E-state index in [1.54, 1.807) is 6.07 Å². The van der Waals surface area contributed by atoms with Crippen molar-refractivity contribution >= 4 is 17.3 Å². The quantitative estimate of drug-likeness (QED) is 0.826. The van der Waals surface area contributed by atoms with E-state index in [9.17, 15) is 4.79 Å². The van der Waals surface area contributed by atoms with Gasteiger partial charge in [0.15, 0.2) is 0 Å². The number of hydrogen-bond donors (Lipinski definition) is 2. The van der Waals surface area contributed by atoms with Crippen LogP contribution in [0, 0.1) is 0 Å². The molecule has 2 aromatic carbocycles. The molecule has 5 heteroatoms. The minimum absolute atomic E-state index is 0.00981. The zero-order valence-electron chi connectivity index (χ0n) is 13.8. The summed E-state index contributed by atoms with van der Waals surface area (Å²) in [6.07, 6.45) is 0. The standard InChI is InChI=1S/C19H24N4O/c20-17-8-4-5-9-18(17)21-19(24)15-23-12-10-22(11-13-23)14-16-6-2-1-3-7-16/h1-9H,10-15,20H2,(H,21,24). The lowest BCUT2D eigenvalue weighted by molar-refractivity contribution is -0.117. The van der Waals surface area contributed by atoms with E-state index in [1.165, 1.54) is 5.56 Å². The van der Waals surface area contributed by atoms with Crippen LogP contribution in [0.1, 0.15) is 5.56 Å². The number of carbonyl (C=O) groups excluding carboxylic acids is 1. The Hall–Kier alpha value is -2.37. The summed E-state index contributed by atoms with van der Waals surface area (Å²) in [5, 5.41) is 2.89. The molecule has 0 unspecified atom stereocenters. The van der Waals surface area contributed by atoms with Gasteiger partial charge >= 0.3 is 0 Å². The number of anilines is 2. The first-order valence-electron chi connectivity index (χ1n) is 8.34. The van der Waals surface area contributed by atoms with E-state index in [0.717, 1.165) is 32.7 Å². The Balaban J connectivity index is 1.43. The van der Waals surface area contributed by atoms with Crippen LogP contribution >= 0.6 is 0 Å². The number of para-hydroxylation sites is 2. The van der Waals surface area contributed by atoms with Crippen LogP contribution in [-0.4, -0.2) is 48.4 Å². The maximum absolute atomic E-state index is 12.2. The van der Waals surface area contributed by atoms with Gasteiger partial charge in [-0.1, -0.05) is 42.5 Å². The van der Waals surface area contributed by atoms with Gasteiger partial charge in [0.1, 0.15) is 0 Å². The monoisotopic (exact) mass is 324 g/mol. The predicted molar refractivity (Wildman–Crippen MR) is 97.6 cm³/mol. The highest BCUT2D eigenvalue weighted by Gasteiger charge is 2.19. The second kappa shape index (κ2) is 7.95. The zero-order valence-corrected chi connectivity index (χ0v) is 13.8. The van der Waals surface area contributed by atoms with Crippen LogP contribution in [-0.2, 0) is 11.3 Å². The summed E-state index contributed by atoms with van der Waals surface area (Å²) < 4.78 is 0. The summed E-state index contributed by atoms with van der Waals surface area (Å²) in [6, 6.07) is 17.8. The number of nitrogens with two attached hydrogens (primary N) is 1. The van der Waals surface area contributed by atoms with Gasteiger partial charge in [0.25, 0.3) is 0 Å². The molecule has 5 nitrogen and oxygen atoms in total. The molecule has 2 aromatic rings. The molecular formula is C19H24N4O. The molecule has 0 spiro atoms. The smallest absolute Gasteiger partial charge is 0.238 e. The largest absolute Gasteiger partial charge is 0.397 e. The lowest BCUT2D eigenvalue weighted by atomic mass is 10.2. The van der Waals surface area contributed by atoms with Gasteiger partial charge in [-0.3, -0.25) is 14.6 Å². The number of piperazine rings is 1. The molecule has 24 heavy (non-hydrogen) atoms. The number of nitrogen functional groups attached to an aromatic ring is 1. The minimum Gasteiger partial charge on any atom is -0.397 e. The predicted octanol–water partition coefficient (Wildman–Crippen LogP) is 2.03. The number of benzene rings is 2. The molecule has 3 rings (SSSR count). The van der Waals surface area contributed by atoms with E-state index >= 15 is 0 Å². The summed E-state index contributed by atoms with van der Waals surface area (Å²) in [5.41, 5.74) is 8.48. The summed E-state index contributed by atoms with van der Waals surface area (Å²) in [7, 11) is 0. The highest BCUT2D eigenvalue weighted by atomic mass is 16.2. The lowest BCUT2D eigenvalue weighted by Gasteiger charge is -2.34. The topological polar surface area (TPSA) is 61.6 Å². The van der Waals surface area contributed by atoms with Crippen LogP contribution in [0.2, 0.25) is 0 Å². The van der Waals surface area contributed by atoms with E-state index in [0.29, 0.717) is 17.9 Å². The Morgan fingerprint density at radius 3 is 2.25 bits per heavy atom. The van der Waals surface area contributed by atoms with Crippen molar-refractivity contribution in [3.05, 3.63) is 60.2 Å². The number of carbonyl (C=O) groups is 1. The van der Waals surface area contributed by atoms with E-state index < -0.39 is 0 Å². The molecular weight excluding hydrogens is 300 g/mol. The number of nitrogens with one attached hydrogen (secondary N) is 1. The summed E-state index contributed by atoms with van der Waals surface area (Å²) in [4.78, 5) is 16.8. The van der Waals surface area contributed by atoms with Gasteiger partial charge in [-0.05, 0) is 17.7 Å². The third-order valence-electron chi connectivity index (χ3n) is 4.32. The third kappa shape index (κ3) is 4.57. The van der Waals surface area contributed by atoms with E-state index in [2.05, 4.69) is 39.4 Å². The Morgan fingerprint density at radius 2 is 1.54 bits per heavy atom. The van der Waals surface area contributed by atoms with Crippen LogP contribution in [0.3, 0.4) is 0 Å². The Bertz CT molecular complexity index is 666. The molecule has 1 amide bonds. The molecule has 0 aliphatic carbocycles. The van der Waals surface area contributed by atoms with Crippen LogP contribution in [0.4, 0.5) is 11.4 Å². The van der Waals surface area contributed by atoms with Crippen molar-refractivity contribution in [2.75, 3.05) is 43.8 Å². The number of amides is 1. The van der Waals surface area contributed by atoms with Crippen LogP contribution in [0.15, 0.2) is 54.6 Å². The molecule has 0 bridgehead atoms. The van der Waals surface area contributed by atoms with Gasteiger partial charge < -0.3 is 11.1 Å². The molecule has 1 fully saturated rings. The average Bonchev–Trinajstić information content (AvgIpc) is 2.60. The van der Waals surface area contributed by atoms with Crippen molar-refractivity contribution < 1.29 is 4.79 Å². The van der Waals surface area contributed by atoms with Crippen molar-refractivity contribution in [3.8, 4) is 0 Å². The molecule has 0 aromatic heterocycles. The van der Waals surface area contributed by atoms with Gasteiger partial charge in [-0.15, -0.1) is 0 Å². The fourth-order valence-corrected chi connectivity index (χ4v) is 2.95. The van der Waals surface area contributed by atoms with Gasteiger partial charge in [-0.25, -0.2) is 0 Å². The minimum atomic E-state index is -0.00981. The van der Waals surface area contributed by atoms with Crippen LogP contribution in [0.5, 0.6) is 0 Å². The maximum atomic E-state index is 12.2. The maximum Gasteiger partial charge on any atom is 0.238 e. The van der Waals surface area contributed by atoms with E-state index in [4.69, 9.17) is 5.73 Å². The van der Waals surface area contributed by atoms with Crippen LogP contribution < -0.4 is 11.1 Å². The summed E-state index contributed by atoms with van der Waals surface area (Å²) >= 11 is 0. The van der Waals surface area contributed by atoms with E-state index in [1.807, 2.05) is 24.3 Å². The molecule has 1 aliphatic rings. The number of rotatable bonds is 5. The lowest BCUT2D eigenvalue weighted by Crippen LogP contribution is -2.48. The molecule has 0 atom stereocenters. The molecule has 3 N–H and O–H groups in total. The Kier molecular flexibility index (Phi) is 5.46. The first-order chi connectivity index (χ1) is 11.7. The molecule has 1 saturated heterocycles. The van der Waals surface area contributed by atoms with Crippen molar-refractivity contribution in [3.63, 3.8) is 0 Å². The summed E-state index contributed by atoms with van der Waals surface area (Å²) in [6.45, 7) is 5.16. The fourth-order valence-electron chi connectivity index (χ4n) is 2.95. The van der Waals surface area contributed by atoms with Crippen LogP contribution in [0.25, 0.3) is 0 Å². The average molecular weight is 324 g/mol. The molecule has 126 valence electrons. The molecule has 1 heterocycles. The van der Waals surface area contributed by atoms with Gasteiger partial charge in [0.05, 0.1) is 17.9 Å². The zero-order chi connectivity index (χ0) is 16.8. The van der Waals surface area contributed by atoms with Crippen molar-refractivity contribution in [1.82, 2.24) is 9.80 Å².